The highest BCUT2D eigenvalue weighted by molar-refractivity contribution is 5.09. The van der Waals surface area contributed by atoms with Crippen LogP contribution in [-0.2, 0) is 6.42 Å². The van der Waals surface area contributed by atoms with Gasteiger partial charge in [-0.2, -0.15) is 10.2 Å². The summed E-state index contributed by atoms with van der Waals surface area (Å²) in [7, 11) is 0. The topological polar surface area (TPSA) is 33.9 Å². The molecule has 0 saturated heterocycles. The number of hydrazine groups is 1. The number of hydrogen-bond acceptors (Lipinski definition) is 2. The molecule has 2 aliphatic rings. The Balaban J connectivity index is 2.30. The zero-order chi connectivity index (χ0) is 8.67. The molecule has 1 unspecified atom stereocenters. The van der Waals surface area contributed by atoms with E-state index in [0.717, 1.165) is 12.8 Å². The molecule has 0 bridgehead atoms. The Bertz CT molecular complexity index is 343. The number of rotatable bonds is 0. The first-order valence-corrected chi connectivity index (χ1v) is 4.59. The lowest BCUT2D eigenvalue weighted by molar-refractivity contribution is 0.480. The van der Waals surface area contributed by atoms with Crippen LogP contribution in [0.3, 0.4) is 0 Å². The molecule has 0 fully saturated rings. The molecule has 3 rings (SSSR count). The first-order chi connectivity index (χ1) is 6.45. The Kier molecular flexibility index (Phi) is 1.37. The van der Waals surface area contributed by atoms with Gasteiger partial charge in [-0.25, -0.2) is 5.53 Å². The third-order valence-electron chi connectivity index (χ3n) is 2.58. The zero-order valence-electron chi connectivity index (χ0n) is 7.27. The summed E-state index contributed by atoms with van der Waals surface area (Å²) in [5, 5.41) is 0. The molecule has 0 aromatic carbocycles. The third kappa shape index (κ3) is 0.954. The van der Waals surface area contributed by atoms with Crippen molar-refractivity contribution >= 4 is 0 Å². The maximum atomic E-state index is 3.23. The van der Waals surface area contributed by atoms with Crippen molar-refractivity contribution in [3.05, 3.63) is 36.2 Å². The van der Waals surface area contributed by atoms with E-state index in [2.05, 4.69) is 27.8 Å². The van der Waals surface area contributed by atoms with Crippen molar-refractivity contribution in [1.82, 2.24) is 14.9 Å². The summed E-state index contributed by atoms with van der Waals surface area (Å²) in [6, 6.07) is 8.31. The maximum absolute atomic E-state index is 3.23. The fourth-order valence-corrected chi connectivity index (χ4v) is 1.97. The van der Waals surface area contributed by atoms with E-state index in [4.69, 9.17) is 0 Å². The fourth-order valence-electron chi connectivity index (χ4n) is 1.97. The summed E-state index contributed by atoms with van der Waals surface area (Å²) in [4.78, 5) is 1.99. The minimum Gasteiger partial charge on any atom is -0.252 e. The van der Waals surface area contributed by atoms with Crippen LogP contribution >= 0.6 is 0 Å². The number of nitrogens with one attached hydrogen (secondary N) is 2. The van der Waals surface area contributed by atoms with E-state index in [1.165, 1.54) is 5.69 Å². The fraction of sp³-hybridized carbons (Fsp3) is 0.333. The summed E-state index contributed by atoms with van der Waals surface area (Å²) in [6.45, 7) is 0. The average molecular weight is 176 g/mol. The van der Waals surface area contributed by atoms with Gasteiger partial charge in [0.15, 0.2) is 0 Å². The molecule has 0 amide bonds. The van der Waals surface area contributed by atoms with Crippen LogP contribution in [0.2, 0.25) is 0 Å². The maximum Gasteiger partial charge on any atom is 0.120 e. The highest BCUT2D eigenvalue weighted by Crippen LogP contribution is 2.23. The van der Waals surface area contributed by atoms with Gasteiger partial charge in [-0.05, 0) is 25.0 Å². The molecule has 1 atom stereocenters. The van der Waals surface area contributed by atoms with Crippen LogP contribution in [0.1, 0.15) is 18.3 Å². The Labute approximate surface area is 76.4 Å². The van der Waals surface area contributed by atoms with Crippen molar-refractivity contribution in [2.75, 3.05) is 5.53 Å². The van der Waals surface area contributed by atoms with E-state index in [9.17, 15) is 0 Å². The Morgan fingerprint density at radius 1 is 1.31 bits per heavy atom. The molecule has 4 nitrogen and oxygen atoms in total. The van der Waals surface area contributed by atoms with E-state index in [0.29, 0.717) is 6.17 Å². The molecule has 3 heterocycles. The minimum absolute atomic E-state index is 0.419. The normalized spacial score (nSPS) is 22.3. The highest BCUT2D eigenvalue weighted by atomic mass is 15.8. The van der Waals surface area contributed by atoms with E-state index in [-0.39, 0.29) is 0 Å². The van der Waals surface area contributed by atoms with Gasteiger partial charge in [0, 0.05) is 11.9 Å². The van der Waals surface area contributed by atoms with Crippen molar-refractivity contribution in [3.8, 4) is 0 Å². The second-order valence-electron chi connectivity index (χ2n) is 3.38. The molecular weight excluding hydrogens is 164 g/mol. The van der Waals surface area contributed by atoms with Gasteiger partial charge in [0.05, 0.1) is 0 Å². The van der Waals surface area contributed by atoms with Crippen LogP contribution in [0.15, 0.2) is 30.5 Å². The van der Waals surface area contributed by atoms with Crippen molar-refractivity contribution in [3.63, 3.8) is 0 Å². The standard InChI is InChI=1S/C9H12N4/c1-2-4-8-5-6-9-10-11-12(7-3-1)13(8)9/h1-4,7,9-11H,5-6H2. The SMILES string of the molecule is c1ccc2n3n(cc1)NNC3CC2. The summed E-state index contributed by atoms with van der Waals surface area (Å²) in [6.07, 6.45) is 4.75. The number of nitrogens with zero attached hydrogens (tertiary/aromatic N) is 2. The molecule has 4 heteroatoms. The van der Waals surface area contributed by atoms with Crippen LogP contribution in [0.4, 0.5) is 0 Å². The van der Waals surface area contributed by atoms with Gasteiger partial charge in [0.1, 0.15) is 6.17 Å². The smallest absolute Gasteiger partial charge is 0.120 e. The molecule has 1 aromatic rings. The molecule has 68 valence electrons. The number of aryl methyl sites for hydroxylation is 1. The van der Waals surface area contributed by atoms with Crippen LogP contribution in [-0.4, -0.2) is 9.47 Å². The number of hydrogen-bond donors (Lipinski definition) is 2. The summed E-state index contributed by atoms with van der Waals surface area (Å²) >= 11 is 0. The molecule has 1 aromatic heterocycles. The van der Waals surface area contributed by atoms with E-state index in [1.54, 1.807) is 0 Å². The van der Waals surface area contributed by atoms with E-state index >= 15 is 0 Å². The molecule has 2 aliphatic heterocycles. The third-order valence-corrected chi connectivity index (χ3v) is 2.58. The van der Waals surface area contributed by atoms with Gasteiger partial charge in [-0.15, -0.1) is 0 Å². The van der Waals surface area contributed by atoms with Crippen molar-refractivity contribution in [2.24, 2.45) is 0 Å². The van der Waals surface area contributed by atoms with Gasteiger partial charge in [-0.1, -0.05) is 12.1 Å². The lowest BCUT2D eigenvalue weighted by Gasteiger charge is -2.05. The van der Waals surface area contributed by atoms with Gasteiger partial charge in [-0.3, -0.25) is 4.68 Å². The van der Waals surface area contributed by atoms with E-state index < -0.39 is 0 Å². The van der Waals surface area contributed by atoms with Crippen LogP contribution < -0.4 is 11.0 Å². The van der Waals surface area contributed by atoms with Crippen molar-refractivity contribution < 1.29 is 0 Å². The predicted octanol–water partition coefficient (Wildman–Crippen LogP) is 0.920. The molecule has 0 spiro atoms. The lowest BCUT2D eigenvalue weighted by atomic mass is 10.3. The zero-order valence-corrected chi connectivity index (χ0v) is 7.27. The van der Waals surface area contributed by atoms with Crippen LogP contribution in [0.25, 0.3) is 0 Å². The van der Waals surface area contributed by atoms with Crippen molar-refractivity contribution in [1.29, 1.82) is 0 Å². The molecule has 0 radical (unpaired) electrons. The summed E-state index contributed by atoms with van der Waals surface area (Å²) in [5.41, 5.74) is 7.70. The van der Waals surface area contributed by atoms with Gasteiger partial charge >= 0.3 is 0 Å². The Morgan fingerprint density at radius 2 is 2.31 bits per heavy atom. The highest BCUT2D eigenvalue weighted by Gasteiger charge is 2.25. The molecule has 2 N–H and O–H groups in total. The molecular formula is C9H12N4. The molecule has 0 aliphatic carbocycles. The Hall–Kier alpha value is -1.42. The Morgan fingerprint density at radius 3 is 3.31 bits per heavy atom. The van der Waals surface area contributed by atoms with Gasteiger partial charge in [0.25, 0.3) is 0 Å². The molecule has 13 heavy (non-hydrogen) atoms. The lowest BCUT2D eigenvalue weighted by Crippen LogP contribution is -2.22. The summed E-state index contributed by atoms with van der Waals surface area (Å²) in [5.74, 6) is 0. The quantitative estimate of drug-likeness (QED) is 0.616. The first kappa shape index (κ1) is 7.03. The monoisotopic (exact) mass is 176 g/mol. The van der Waals surface area contributed by atoms with Gasteiger partial charge < -0.3 is 0 Å². The summed E-state index contributed by atoms with van der Waals surface area (Å²) < 4.78 is 2.25. The van der Waals surface area contributed by atoms with Crippen LogP contribution in [0.5, 0.6) is 0 Å². The second kappa shape index (κ2) is 2.53. The van der Waals surface area contributed by atoms with Gasteiger partial charge in [0.2, 0.25) is 0 Å². The van der Waals surface area contributed by atoms with E-state index in [1.807, 2.05) is 23.1 Å². The largest absolute Gasteiger partial charge is 0.252 e. The van der Waals surface area contributed by atoms with Crippen LogP contribution in [0, 0.1) is 0 Å². The minimum atomic E-state index is 0.419. The van der Waals surface area contributed by atoms with Crippen molar-refractivity contribution in [2.45, 2.75) is 19.0 Å². The second-order valence-corrected chi connectivity index (χ2v) is 3.38. The average Bonchev–Trinajstić information content (AvgIpc) is 2.60. The predicted molar refractivity (Wildman–Crippen MR) is 49.9 cm³/mol. The molecule has 0 saturated carbocycles. The first-order valence-electron chi connectivity index (χ1n) is 4.59. The number of aromatic nitrogens is 2.